The lowest BCUT2D eigenvalue weighted by Crippen LogP contribution is -2.36. The SMILES string of the molecule is C[C@H](c1ccccc1)N1CCC(NC(=O)O)C1. The molecule has 1 saturated heterocycles. The van der Waals surface area contributed by atoms with Crippen LogP contribution < -0.4 is 5.32 Å². The van der Waals surface area contributed by atoms with E-state index in [1.807, 2.05) is 18.2 Å². The first-order valence-corrected chi connectivity index (χ1v) is 5.95. The van der Waals surface area contributed by atoms with Crippen molar-refractivity contribution in [2.75, 3.05) is 13.1 Å². The Kier molecular flexibility index (Phi) is 3.64. The van der Waals surface area contributed by atoms with Gasteiger partial charge in [-0.15, -0.1) is 0 Å². The molecule has 2 atom stereocenters. The summed E-state index contributed by atoms with van der Waals surface area (Å²) >= 11 is 0. The predicted octanol–water partition coefficient (Wildman–Crippen LogP) is 2.09. The zero-order chi connectivity index (χ0) is 12.3. The van der Waals surface area contributed by atoms with Crippen LogP contribution in [0.2, 0.25) is 0 Å². The second kappa shape index (κ2) is 5.19. The molecule has 1 aliphatic rings. The van der Waals surface area contributed by atoms with Gasteiger partial charge in [-0.2, -0.15) is 0 Å². The van der Waals surface area contributed by atoms with Crippen molar-refractivity contribution >= 4 is 6.09 Å². The standard InChI is InChI=1S/C13H18N2O2/c1-10(11-5-3-2-4-6-11)15-8-7-12(9-15)14-13(16)17/h2-6,10,12,14H,7-9H2,1H3,(H,16,17)/t10-,12?/m1/s1. The fraction of sp³-hybridized carbons (Fsp3) is 0.462. The average Bonchev–Trinajstić information content (AvgIpc) is 2.77. The maximum atomic E-state index is 10.6. The average molecular weight is 234 g/mol. The van der Waals surface area contributed by atoms with Gasteiger partial charge in [0.25, 0.3) is 0 Å². The van der Waals surface area contributed by atoms with E-state index in [2.05, 4.69) is 29.3 Å². The van der Waals surface area contributed by atoms with Crippen LogP contribution in [0.5, 0.6) is 0 Å². The van der Waals surface area contributed by atoms with Gasteiger partial charge in [-0.1, -0.05) is 30.3 Å². The quantitative estimate of drug-likeness (QED) is 0.842. The van der Waals surface area contributed by atoms with E-state index in [0.717, 1.165) is 19.5 Å². The summed E-state index contributed by atoms with van der Waals surface area (Å²) in [6, 6.07) is 10.7. The largest absolute Gasteiger partial charge is 0.465 e. The van der Waals surface area contributed by atoms with Crippen LogP contribution in [-0.4, -0.2) is 35.2 Å². The zero-order valence-corrected chi connectivity index (χ0v) is 9.97. The van der Waals surface area contributed by atoms with Crippen LogP contribution in [0.4, 0.5) is 4.79 Å². The second-order valence-electron chi connectivity index (χ2n) is 4.52. The molecule has 1 amide bonds. The van der Waals surface area contributed by atoms with Crippen molar-refractivity contribution in [3.05, 3.63) is 35.9 Å². The van der Waals surface area contributed by atoms with E-state index in [9.17, 15) is 4.79 Å². The third-order valence-corrected chi connectivity index (χ3v) is 3.38. The molecule has 1 aromatic rings. The highest BCUT2D eigenvalue weighted by molar-refractivity contribution is 5.64. The zero-order valence-electron chi connectivity index (χ0n) is 9.97. The van der Waals surface area contributed by atoms with Crippen LogP contribution in [0.15, 0.2) is 30.3 Å². The van der Waals surface area contributed by atoms with Crippen molar-refractivity contribution in [3.8, 4) is 0 Å². The summed E-state index contributed by atoms with van der Waals surface area (Å²) in [6.07, 6.45) is -0.0343. The first kappa shape index (κ1) is 11.9. The number of benzene rings is 1. The predicted molar refractivity (Wildman–Crippen MR) is 66.0 cm³/mol. The first-order chi connectivity index (χ1) is 8.16. The monoisotopic (exact) mass is 234 g/mol. The first-order valence-electron chi connectivity index (χ1n) is 5.95. The number of likely N-dealkylation sites (tertiary alicyclic amines) is 1. The number of rotatable bonds is 3. The van der Waals surface area contributed by atoms with Gasteiger partial charge in [-0.05, 0) is 18.9 Å². The molecule has 0 aromatic heterocycles. The summed E-state index contributed by atoms with van der Waals surface area (Å²) in [5, 5.41) is 11.2. The van der Waals surface area contributed by atoms with Crippen molar-refractivity contribution < 1.29 is 9.90 Å². The highest BCUT2D eigenvalue weighted by atomic mass is 16.4. The summed E-state index contributed by atoms with van der Waals surface area (Å²) < 4.78 is 0. The molecule has 1 fully saturated rings. The minimum Gasteiger partial charge on any atom is -0.465 e. The molecule has 0 bridgehead atoms. The molecule has 1 aliphatic heterocycles. The Balaban J connectivity index is 1.94. The Labute approximate surface area is 101 Å². The molecule has 4 nitrogen and oxygen atoms in total. The fourth-order valence-electron chi connectivity index (χ4n) is 2.37. The number of carboxylic acid groups (broad SMARTS) is 1. The number of hydrogen-bond acceptors (Lipinski definition) is 2. The molecule has 4 heteroatoms. The maximum Gasteiger partial charge on any atom is 0.404 e. The van der Waals surface area contributed by atoms with E-state index in [0.29, 0.717) is 6.04 Å². The van der Waals surface area contributed by atoms with Crippen molar-refractivity contribution in [1.29, 1.82) is 0 Å². The molecule has 1 heterocycles. The lowest BCUT2D eigenvalue weighted by atomic mass is 10.1. The topological polar surface area (TPSA) is 52.6 Å². The van der Waals surface area contributed by atoms with Crippen LogP contribution >= 0.6 is 0 Å². The van der Waals surface area contributed by atoms with Gasteiger partial charge in [0.2, 0.25) is 0 Å². The Morgan fingerprint density at radius 2 is 2.18 bits per heavy atom. The Morgan fingerprint density at radius 1 is 1.47 bits per heavy atom. The number of nitrogens with one attached hydrogen (secondary N) is 1. The normalized spacial score (nSPS) is 22.3. The molecule has 1 unspecified atom stereocenters. The van der Waals surface area contributed by atoms with Gasteiger partial charge < -0.3 is 10.4 Å². The number of nitrogens with zero attached hydrogens (tertiary/aromatic N) is 1. The summed E-state index contributed by atoms with van der Waals surface area (Å²) in [7, 11) is 0. The van der Waals surface area contributed by atoms with Gasteiger partial charge in [0, 0.05) is 25.2 Å². The smallest absolute Gasteiger partial charge is 0.404 e. The van der Waals surface area contributed by atoms with Gasteiger partial charge in [0.1, 0.15) is 0 Å². The molecule has 0 saturated carbocycles. The molecule has 0 radical (unpaired) electrons. The number of hydrogen-bond donors (Lipinski definition) is 2. The van der Waals surface area contributed by atoms with E-state index >= 15 is 0 Å². The molecule has 0 aliphatic carbocycles. The third kappa shape index (κ3) is 2.97. The summed E-state index contributed by atoms with van der Waals surface area (Å²) in [4.78, 5) is 12.9. The molecule has 92 valence electrons. The molecule has 17 heavy (non-hydrogen) atoms. The van der Waals surface area contributed by atoms with Crippen LogP contribution in [0.3, 0.4) is 0 Å². The third-order valence-electron chi connectivity index (χ3n) is 3.38. The van der Waals surface area contributed by atoms with Crippen LogP contribution in [-0.2, 0) is 0 Å². The molecule has 0 spiro atoms. The van der Waals surface area contributed by atoms with Crippen molar-refractivity contribution in [2.24, 2.45) is 0 Å². The van der Waals surface area contributed by atoms with Crippen molar-refractivity contribution in [1.82, 2.24) is 10.2 Å². The van der Waals surface area contributed by atoms with Crippen LogP contribution in [0, 0.1) is 0 Å². The summed E-state index contributed by atoms with van der Waals surface area (Å²) in [5.74, 6) is 0. The van der Waals surface area contributed by atoms with Gasteiger partial charge in [-0.25, -0.2) is 4.79 Å². The van der Waals surface area contributed by atoms with Gasteiger partial charge >= 0.3 is 6.09 Å². The van der Waals surface area contributed by atoms with Crippen molar-refractivity contribution in [2.45, 2.75) is 25.4 Å². The summed E-state index contributed by atoms with van der Waals surface area (Å²) in [6.45, 7) is 3.90. The van der Waals surface area contributed by atoms with E-state index in [1.165, 1.54) is 5.56 Å². The molecular weight excluding hydrogens is 216 g/mol. The Hall–Kier alpha value is -1.55. The van der Waals surface area contributed by atoms with Crippen LogP contribution in [0.1, 0.15) is 24.9 Å². The lowest BCUT2D eigenvalue weighted by molar-refractivity contribution is 0.188. The van der Waals surface area contributed by atoms with E-state index < -0.39 is 6.09 Å². The molecular formula is C13H18N2O2. The van der Waals surface area contributed by atoms with Gasteiger partial charge in [0.05, 0.1) is 0 Å². The molecule has 1 aromatic carbocycles. The lowest BCUT2D eigenvalue weighted by Gasteiger charge is -2.24. The minimum atomic E-state index is -0.927. The number of carbonyl (C=O) groups is 1. The highest BCUT2D eigenvalue weighted by Crippen LogP contribution is 2.24. The molecule has 2 rings (SSSR count). The van der Waals surface area contributed by atoms with E-state index in [1.54, 1.807) is 0 Å². The highest BCUT2D eigenvalue weighted by Gasteiger charge is 2.27. The van der Waals surface area contributed by atoms with E-state index in [4.69, 9.17) is 5.11 Å². The van der Waals surface area contributed by atoms with Gasteiger partial charge in [0.15, 0.2) is 0 Å². The maximum absolute atomic E-state index is 10.6. The van der Waals surface area contributed by atoms with Crippen molar-refractivity contribution in [3.63, 3.8) is 0 Å². The Morgan fingerprint density at radius 3 is 2.82 bits per heavy atom. The minimum absolute atomic E-state index is 0.0682. The van der Waals surface area contributed by atoms with Crippen LogP contribution in [0.25, 0.3) is 0 Å². The van der Waals surface area contributed by atoms with Gasteiger partial charge in [-0.3, -0.25) is 4.90 Å². The second-order valence-corrected chi connectivity index (χ2v) is 4.52. The molecule has 2 N–H and O–H groups in total. The Bertz CT molecular complexity index is 380. The number of amides is 1. The summed E-state index contributed by atoms with van der Waals surface area (Å²) in [5.41, 5.74) is 1.28. The fourth-order valence-corrected chi connectivity index (χ4v) is 2.37. The van der Waals surface area contributed by atoms with E-state index in [-0.39, 0.29) is 6.04 Å².